The predicted octanol–water partition coefficient (Wildman–Crippen LogP) is 2.28. The topological polar surface area (TPSA) is 53.2 Å². The molecule has 0 spiro atoms. The van der Waals surface area contributed by atoms with Gasteiger partial charge in [0.1, 0.15) is 0 Å². The van der Waals surface area contributed by atoms with Crippen molar-refractivity contribution in [3.8, 4) is 6.07 Å². The molecule has 0 heterocycles. The maximum Gasteiger partial charge on any atom is 0.416 e. The van der Waals surface area contributed by atoms with E-state index in [9.17, 15) is 13.2 Å². The van der Waals surface area contributed by atoms with Gasteiger partial charge in [-0.2, -0.15) is 18.4 Å². The Kier molecular flexibility index (Phi) is 4.49. The number of hydrogen-bond donors (Lipinski definition) is 1. The summed E-state index contributed by atoms with van der Waals surface area (Å²) in [6.45, 7) is -0.397. The van der Waals surface area contributed by atoms with Crippen molar-refractivity contribution < 1.29 is 23.0 Å². The summed E-state index contributed by atoms with van der Waals surface area (Å²) < 4.78 is 42.2. The van der Waals surface area contributed by atoms with E-state index < -0.39 is 17.8 Å². The number of aliphatic hydroxyl groups excluding tert-OH is 1. The van der Waals surface area contributed by atoms with Crippen molar-refractivity contribution in [3.05, 3.63) is 35.4 Å². The van der Waals surface area contributed by atoms with Gasteiger partial charge in [-0.3, -0.25) is 0 Å². The van der Waals surface area contributed by atoms with E-state index in [1.54, 1.807) is 6.07 Å². The van der Waals surface area contributed by atoms with Crippen LogP contribution in [0.2, 0.25) is 0 Å². The van der Waals surface area contributed by atoms with E-state index in [4.69, 9.17) is 15.1 Å². The second-order valence-corrected chi connectivity index (χ2v) is 3.23. The highest BCUT2D eigenvalue weighted by Gasteiger charge is 2.31. The fourth-order valence-corrected chi connectivity index (χ4v) is 1.26. The third-order valence-corrected chi connectivity index (χ3v) is 2.01. The molecule has 0 aliphatic rings. The van der Waals surface area contributed by atoms with Crippen LogP contribution in [-0.2, 0) is 10.9 Å². The zero-order valence-electron chi connectivity index (χ0n) is 8.74. The smallest absolute Gasteiger partial charge is 0.394 e. The first kappa shape index (κ1) is 13.5. The number of halogens is 3. The second kappa shape index (κ2) is 5.66. The van der Waals surface area contributed by atoms with Crippen LogP contribution in [0.15, 0.2) is 24.3 Å². The number of ether oxygens (including phenoxy) is 1. The molecule has 0 saturated carbocycles. The van der Waals surface area contributed by atoms with Crippen LogP contribution in [0, 0.1) is 11.3 Å². The summed E-state index contributed by atoms with van der Waals surface area (Å²) >= 11 is 0. The quantitative estimate of drug-likeness (QED) is 0.885. The summed E-state index contributed by atoms with van der Waals surface area (Å²) in [6.07, 6.45) is -5.56. The number of alkyl halides is 3. The summed E-state index contributed by atoms with van der Waals surface area (Å²) in [5, 5.41) is 17.3. The summed E-state index contributed by atoms with van der Waals surface area (Å²) in [4.78, 5) is 0. The van der Waals surface area contributed by atoms with Gasteiger partial charge in [0.2, 0.25) is 0 Å². The number of hydrogen-bond acceptors (Lipinski definition) is 3. The molecule has 0 fully saturated rings. The highest BCUT2D eigenvalue weighted by Crippen LogP contribution is 2.31. The molecule has 0 aromatic heterocycles. The Labute approximate surface area is 96.1 Å². The van der Waals surface area contributed by atoms with Gasteiger partial charge in [-0.05, 0) is 17.7 Å². The Morgan fingerprint density at radius 2 is 2.12 bits per heavy atom. The van der Waals surface area contributed by atoms with Crippen molar-refractivity contribution in [2.75, 3.05) is 13.2 Å². The van der Waals surface area contributed by atoms with Gasteiger partial charge < -0.3 is 9.84 Å². The lowest BCUT2D eigenvalue weighted by molar-refractivity contribution is -0.137. The van der Waals surface area contributed by atoms with Crippen LogP contribution >= 0.6 is 0 Å². The number of nitrogens with zero attached hydrogens (tertiary/aromatic N) is 1. The fourth-order valence-electron chi connectivity index (χ4n) is 1.26. The molecule has 0 bridgehead atoms. The SMILES string of the molecule is N#CC(OCCO)c1cccc(C(F)(F)F)c1. The van der Waals surface area contributed by atoms with Crippen molar-refractivity contribution in [3.63, 3.8) is 0 Å². The van der Waals surface area contributed by atoms with Gasteiger partial charge >= 0.3 is 6.18 Å². The van der Waals surface area contributed by atoms with Gasteiger partial charge in [0, 0.05) is 0 Å². The molecule has 1 unspecified atom stereocenters. The molecule has 6 heteroatoms. The monoisotopic (exact) mass is 245 g/mol. The molecule has 1 N–H and O–H groups in total. The van der Waals surface area contributed by atoms with Gasteiger partial charge in [0.15, 0.2) is 6.10 Å². The van der Waals surface area contributed by atoms with E-state index in [2.05, 4.69) is 0 Å². The fraction of sp³-hybridized carbons (Fsp3) is 0.364. The largest absolute Gasteiger partial charge is 0.416 e. The Morgan fingerprint density at radius 3 is 2.65 bits per heavy atom. The average Bonchev–Trinajstić information content (AvgIpc) is 2.29. The minimum Gasteiger partial charge on any atom is -0.394 e. The first-order chi connectivity index (χ1) is 7.99. The van der Waals surface area contributed by atoms with E-state index in [1.807, 2.05) is 0 Å². The highest BCUT2D eigenvalue weighted by molar-refractivity contribution is 5.29. The summed E-state index contributed by atoms with van der Waals surface area (Å²) in [5.74, 6) is 0. The lowest BCUT2D eigenvalue weighted by Gasteiger charge is -2.12. The molecule has 0 saturated heterocycles. The first-order valence-corrected chi connectivity index (χ1v) is 4.78. The zero-order chi connectivity index (χ0) is 12.9. The molecule has 0 radical (unpaired) electrons. The van der Waals surface area contributed by atoms with Crippen molar-refractivity contribution >= 4 is 0 Å². The molecular formula is C11H10F3NO2. The molecule has 17 heavy (non-hydrogen) atoms. The first-order valence-electron chi connectivity index (χ1n) is 4.78. The average molecular weight is 245 g/mol. The van der Waals surface area contributed by atoms with Crippen LogP contribution in [0.3, 0.4) is 0 Å². The number of nitriles is 1. The van der Waals surface area contributed by atoms with Crippen molar-refractivity contribution in [2.45, 2.75) is 12.3 Å². The second-order valence-electron chi connectivity index (χ2n) is 3.23. The van der Waals surface area contributed by atoms with Crippen LogP contribution in [0.25, 0.3) is 0 Å². The summed E-state index contributed by atoms with van der Waals surface area (Å²) in [7, 11) is 0. The van der Waals surface area contributed by atoms with Gasteiger partial charge in [-0.1, -0.05) is 12.1 Å². The molecule has 1 aromatic carbocycles. The summed E-state index contributed by atoms with van der Waals surface area (Å²) in [5.41, 5.74) is -0.710. The van der Waals surface area contributed by atoms with Gasteiger partial charge in [0.05, 0.1) is 24.8 Å². The van der Waals surface area contributed by atoms with Gasteiger partial charge in [-0.25, -0.2) is 0 Å². The maximum atomic E-state index is 12.4. The lowest BCUT2D eigenvalue weighted by atomic mass is 10.1. The third-order valence-electron chi connectivity index (χ3n) is 2.01. The van der Waals surface area contributed by atoms with Gasteiger partial charge in [-0.15, -0.1) is 0 Å². The van der Waals surface area contributed by atoms with E-state index in [-0.39, 0.29) is 18.8 Å². The standard InChI is InChI=1S/C11H10F3NO2/c12-11(13,14)9-3-1-2-8(6-9)10(7-15)17-5-4-16/h1-3,6,10,16H,4-5H2. The van der Waals surface area contributed by atoms with Crippen LogP contribution in [0.1, 0.15) is 17.2 Å². The molecule has 0 aliphatic carbocycles. The number of aliphatic hydroxyl groups is 1. The molecule has 0 aliphatic heterocycles. The third kappa shape index (κ3) is 3.73. The minimum absolute atomic E-state index is 0.103. The van der Waals surface area contributed by atoms with Crippen molar-refractivity contribution in [1.29, 1.82) is 5.26 Å². The Morgan fingerprint density at radius 1 is 1.41 bits per heavy atom. The Bertz CT molecular complexity index is 412. The predicted molar refractivity (Wildman–Crippen MR) is 52.8 cm³/mol. The molecule has 0 amide bonds. The van der Waals surface area contributed by atoms with Crippen molar-refractivity contribution in [1.82, 2.24) is 0 Å². The molecule has 1 aromatic rings. The van der Waals surface area contributed by atoms with Crippen LogP contribution in [0.4, 0.5) is 13.2 Å². The van der Waals surface area contributed by atoms with E-state index in [1.165, 1.54) is 12.1 Å². The molecule has 1 rings (SSSR count). The normalized spacial score (nSPS) is 13.1. The van der Waals surface area contributed by atoms with E-state index in [0.717, 1.165) is 12.1 Å². The molecular weight excluding hydrogens is 235 g/mol. The van der Waals surface area contributed by atoms with Crippen molar-refractivity contribution in [2.24, 2.45) is 0 Å². The molecule has 1 atom stereocenters. The Hall–Kier alpha value is -1.58. The molecule has 3 nitrogen and oxygen atoms in total. The van der Waals surface area contributed by atoms with E-state index in [0.29, 0.717) is 0 Å². The summed E-state index contributed by atoms with van der Waals surface area (Å²) in [6, 6.07) is 6.11. The van der Waals surface area contributed by atoms with Gasteiger partial charge in [0.25, 0.3) is 0 Å². The number of benzene rings is 1. The highest BCUT2D eigenvalue weighted by atomic mass is 19.4. The zero-order valence-corrected chi connectivity index (χ0v) is 8.74. The number of rotatable bonds is 4. The maximum absolute atomic E-state index is 12.4. The lowest BCUT2D eigenvalue weighted by Crippen LogP contribution is -2.09. The van der Waals surface area contributed by atoms with E-state index >= 15 is 0 Å². The van der Waals surface area contributed by atoms with Crippen LogP contribution in [0.5, 0.6) is 0 Å². The molecule has 92 valence electrons. The van der Waals surface area contributed by atoms with Crippen LogP contribution in [-0.4, -0.2) is 18.3 Å². The minimum atomic E-state index is -4.45. The van der Waals surface area contributed by atoms with Crippen LogP contribution < -0.4 is 0 Å². The Balaban J connectivity index is 2.94.